The fraction of sp³-hybridized carbons (Fsp3) is 0.500. The van der Waals surface area contributed by atoms with Crippen molar-refractivity contribution in [1.29, 1.82) is 0 Å². The van der Waals surface area contributed by atoms with Crippen LogP contribution in [0.1, 0.15) is 32.4 Å². The molecule has 1 aromatic carbocycles. The Morgan fingerprint density at radius 2 is 1.89 bits per heavy atom. The summed E-state index contributed by atoms with van der Waals surface area (Å²) in [4.78, 5) is 11.5. The predicted octanol–water partition coefficient (Wildman–Crippen LogP) is 2.33. The van der Waals surface area contributed by atoms with E-state index in [1.807, 2.05) is 44.2 Å². The lowest BCUT2D eigenvalue weighted by atomic mass is 10.1. The van der Waals surface area contributed by atoms with Crippen molar-refractivity contribution in [3.63, 3.8) is 0 Å². The lowest BCUT2D eigenvalue weighted by molar-refractivity contribution is -0.119. The van der Waals surface area contributed by atoms with Gasteiger partial charge < -0.3 is 11.1 Å². The van der Waals surface area contributed by atoms with Gasteiger partial charge in [0.05, 0.1) is 5.75 Å². The molecule has 0 aliphatic heterocycles. The number of rotatable bonds is 6. The predicted molar refractivity (Wildman–Crippen MR) is 78.6 cm³/mol. The number of nitrogens with two attached hydrogens (primary N) is 1. The smallest absolute Gasteiger partial charge is 0.230 e. The zero-order chi connectivity index (χ0) is 13.5. The van der Waals surface area contributed by atoms with E-state index >= 15 is 0 Å². The Morgan fingerprint density at radius 3 is 2.44 bits per heavy atom. The molecule has 0 saturated carbocycles. The van der Waals surface area contributed by atoms with E-state index in [0.29, 0.717) is 5.75 Å². The summed E-state index contributed by atoms with van der Waals surface area (Å²) in [7, 11) is 0. The van der Waals surface area contributed by atoms with E-state index < -0.39 is 0 Å². The molecule has 0 bridgehead atoms. The molecule has 3 N–H and O–H groups in total. The normalized spacial score (nSPS) is 14.3. The lowest BCUT2D eigenvalue weighted by Crippen LogP contribution is -2.32. The Bertz CT molecular complexity index is 367. The summed E-state index contributed by atoms with van der Waals surface area (Å²) >= 11 is 1.59. The molecular weight excluding hydrogens is 244 g/mol. The SMILES string of the molecule is CC(C)NC(=O)CSC(C)C(N)c1ccccc1. The molecular formula is C14H22N2OS. The molecule has 2 unspecified atom stereocenters. The van der Waals surface area contributed by atoms with Crippen LogP contribution in [0.4, 0.5) is 0 Å². The fourth-order valence-electron chi connectivity index (χ4n) is 1.62. The maximum atomic E-state index is 11.5. The molecule has 0 heterocycles. The van der Waals surface area contributed by atoms with Gasteiger partial charge in [0.15, 0.2) is 0 Å². The average molecular weight is 266 g/mol. The van der Waals surface area contributed by atoms with Gasteiger partial charge in [0.2, 0.25) is 5.91 Å². The number of hydrogen-bond acceptors (Lipinski definition) is 3. The van der Waals surface area contributed by atoms with E-state index in [2.05, 4.69) is 12.2 Å². The Balaban J connectivity index is 2.41. The minimum Gasteiger partial charge on any atom is -0.353 e. The van der Waals surface area contributed by atoms with Gasteiger partial charge in [0, 0.05) is 17.3 Å². The van der Waals surface area contributed by atoms with Crippen LogP contribution in [0.15, 0.2) is 30.3 Å². The van der Waals surface area contributed by atoms with Crippen LogP contribution in [-0.4, -0.2) is 23.0 Å². The zero-order valence-electron chi connectivity index (χ0n) is 11.2. The molecule has 18 heavy (non-hydrogen) atoms. The molecule has 0 fully saturated rings. The molecule has 0 saturated heterocycles. The van der Waals surface area contributed by atoms with Crippen molar-refractivity contribution in [3.05, 3.63) is 35.9 Å². The molecule has 100 valence electrons. The molecule has 2 atom stereocenters. The molecule has 1 rings (SSSR count). The van der Waals surface area contributed by atoms with E-state index in [1.54, 1.807) is 11.8 Å². The summed E-state index contributed by atoms with van der Waals surface area (Å²) in [6.07, 6.45) is 0. The van der Waals surface area contributed by atoms with Crippen molar-refractivity contribution >= 4 is 17.7 Å². The van der Waals surface area contributed by atoms with Crippen molar-refractivity contribution < 1.29 is 4.79 Å². The highest BCUT2D eigenvalue weighted by Gasteiger charge is 2.16. The molecule has 4 heteroatoms. The number of benzene rings is 1. The number of thioether (sulfide) groups is 1. The molecule has 3 nitrogen and oxygen atoms in total. The highest BCUT2D eigenvalue weighted by atomic mass is 32.2. The summed E-state index contributed by atoms with van der Waals surface area (Å²) < 4.78 is 0. The fourth-order valence-corrected chi connectivity index (χ4v) is 2.48. The van der Waals surface area contributed by atoms with Crippen LogP contribution < -0.4 is 11.1 Å². The first-order chi connectivity index (χ1) is 8.50. The number of hydrogen-bond donors (Lipinski definition) is 2. The first kappa shape index (κ1) is 15.1. The number of amides is 1. The Morgan fingerprint density at radius 1 is 1.28 bits per heavy atom. The summed E-state index contributed by atoms with van der Waals surface area (Å²) in [6.45, 7) is 5.98. The van der Waals surface area contributed by atoms with E-state index in [9.17, 15) is 4.79 Å². The van der Waals surface area contributed by atoms with Crippen LogP contribution in [0.25, 0.3) is 0 Å². The van der Waals surface area contributed by atoms with Crippen LogP contribution in [-0.2, 0) is 4.79 Å². The minimum atomic E-state index is -0.0388. The third-order valence-electron chi connectivity index (χ3n) is 2.62. The molecule has 0 aliphatic rings. The monoisotopic (exact) mass is 266 g/mol. The van der Waals surface area contributed by atoms with Gasteiger partial charge in [-0.2, -0.15) is 0 Å². The largest absolute Gasteiger partial charge is 0.353 e. The number of carbonyl (C=O) groups excluding carboxylic acids is 1. The standard InChI is InChI=1S/C14H22N2OS/c1-10(2)16-13(17)9-18-11(3)14(15)12-7-5-4-6-8-12/h4-8,10-11,14H,9,15H2,1-3H3,(H,16,17). The van der Waals surface area contributed by atoms with E-state index in [4.69, 9.17) is 5.73 Å². The quantitative estimate of drug-likeness (QED) is 0.831. The molecule has 0 aromatic heterocycles. The highest BCUT2D eigenvalue weighted by Crippen LogP contribution is 2.23. The van der Waals surface area contributed by atoms with Crippen LogP contribution in [0.2, 0.25) is 0 Å². The molecule has 0 radical (unpaired) electrons. The second-order valence-corrected chi connectivity index (χ2v) is 6.04. The molecule has 0 spiro atoms. The first-order valence-electron chi connectivity index (χ1n) is 6.22. The van der Waals surface area contributed by atoms with Gasteiger partial charge in [-0.1, -0.05) is 37.3 Å². The Labute approximate surface area is 114 Å². The Hall–Kier alpha value is -1.00. The lowest BCUT2D eigenvalue weighted by Gasteiger charge is -2.20. The van der Waals surface area contributed by atoms with Crippen molar-refractivity contribution in [2.75, 3.05) is 5.75 Å². The van der Waals surface area contributed by atoms with Gasteiger partial charge in [-0.25, -0.2) is 0 Å². The second kappa shape index (κ2) is 7.44. The summed E-state index contributed by atoms with van der Waals surface area (Å²) in [5.41, 5.74) is 7.29. The van der Waals surface area contributed by atoms with E-state index in [1.165, 1.54) is 0 Å². The first-order valence-corrected chi connectivity index (χ1v) is 7.27. The third kappa shape index (κ3) is 5.10. The third-order valence-corrected chi connectivity index (χ3v) is 3.87. The Kier molecular flexibility index (Phi) is 6.22. The van der Waals surface area contributed by atoms with Gasteiger partial charge in [-0.05, 0) is 19.4 Å². The van der Waals surface area contributed by atoms with Gasteiger partial charge in [-0.3, -0.25) is 4.79 Å². The highest BCUT2D eigenvalue weighted by molar-refractivity contribution is 8.00. The molecule has 1 amide bonds. The number of carbonyl (C=O) groups is 1. The van der Waals surface area contributed by atoms with Gasteiger partial charge >= 0.3 is 0 Å². The van der Waals surface area contributed by atoms with Crippen molar-refractivity contribution in [2.24, 2.45) is 5.73 Å². The van der Waals surface area contributed by atoms with Crippen LogP contribution >= 0.6 is 11.8 Å². The second-order valence-electron chi connectivity index (χ2n) is 4.67. The van der Waals surface area contributed by atoms with Crippen molar-refractivity contribution in [2.45, 2.75) is 38.1 Å². The maximum Gasteiger partial charge on any atom is 0.230 e. The van der Waals surface area contributed by atoms with Crippen LogP contribution in [0, 0.1) is 0 Å². The molecule has 1 aromatic rings. The van der Waals surface area contributed by atoms with E-state index in [-0.39, 0.29) is 23.2 Å². The zero-order valence-corrected chi connectivity index (χ0v) is 12.0. The van der Waals surface area contributed by atoms with E-state index in [0.717, 1.165) is 5.56 Å². The summed E-state index contributed by atoms with van der Waals surface area (Å²) in [5.74, 6) is 0.530. The summed E-state index contributed by atoms with van der Waals surface area (Å²) in [5, 5.41) is 3.09. The van der Waals surface area contributed by atoms with Gasteiger partial charge in [0.25, 0.3) is 0 Å². The van der Waals surface area contributed by atoms with Crippen LogP contribution in [0.5, 0.6) is 0 Å². The number of nitrogens with one attached hydrogen (secondary N) is 1. The molecule has 0 aliphatic carbocycles. The summed E-state index contributed by atoms with van der Waals surface area (Å²) in [6, 6.07) is 10.1. The topological polar surface area (TPSA) is 55.1 Å². The van der Waals surface area contributed by atoms with Crippen molar-refractivity contribution in [3.8, 4) is 0 Å². The van der Waals surface area contributed by atoms with Crippen molar-refractivity contribution in [1.82, 2.24) is 5.32 Å². The minimum absolute atomic E-state index is 0.0388. The van der Waals surface area contributed by atoms with Gasteiger partial charge in [-0.15, -0.1) is 11.8 Å². The van der Waals surface area contributed by atoms with Gasteiger partial charge in [0.1, 0.15) is 0 Å². The maximum absolute atomic E-state index is 11.5. The average Bonchev–Trinajstić information content (AvgIpc) is 2.35. The van der Waals surface area contributed by atoms with Crippen LogP contribution in [0.3, 0.4) is 0 Å².